The van der Waals surface area contributed by atoms with Gasteiger partial charge in [0.05, 0.1) is 5.54 Å². The highest BCUT2D eigenvalue weighted by Crippen LogP contribution is 2.24. The number of hydrogen-bond acceptors (Lipinski definition) is 3. The van der Waals surface area contributed by atoms with Crippen molar-refractivity contribution >= 4 is 5.91 Å². The Hall–Kier alpha value is -0.610. The maximum atomic E-state index is 12.3. The zero-order valence-corrected chi connectivity index (χ0v) is 12.8. The largest absolute Gasteiger partial charge is 0.381 e. The van der Waals surface area contributed by atoms with Crippen molar-refractivity contribution in [1.29, 1.82) is 0 Å². The number of nitrogens with one attached hydrogen (secondary N) is 2. The summed E-state index contributed by atoms with van der Waals surface area (Å²) in [6, 6.07) is 0. The number of amides is 1. The zero-order chi connectivity index (χ0) is 14.1. The quantitative estimate of drug-likeness (QED) is 0.631. The SMILES string of the molecule is CCCC1(C(=O)NCCCOCC(C)C)CCCN1. The molecule has 0 bridgehead atoms. The molecule has 1 unspecified atom stereocenters. The van der Waals surface area contributed by atoms with Crippen molar-refractivity contribution in [3.63, 3.8) is 0 Å². The van der Waals surface area contributed by atoms with Gasteiger partial charge in [0, 0.05) is 19.8 Å². The van der Waals surface area contributed by atoms with Gasteiger partial charge in [-0.1, -0.05) is 27.2 Å². The second-order valence-corrected chi connectivity index (χ2v) is 5.94. The summed E-state index contributed by atoms with van der Waals surface area (Å²) in [5.74, 6) is 0.751. The third-order valence-electron chi connectivity index (χ3n) is 3.56. The minimum atomic E-state index is -0.298. The predicted molar refractivity (Wildman–Crippen MR) is 78.2 cm³/mol. The van der Waals surface area contributed by atoms with Gasteiger partial charge in [0.25, 0.3) is 0 Å². The predicted octanol–water partition coefficient (Wildman–Crippen LogP) is 2.09. The molecule has 1 aliphatic rings. The Bertz CT molecular complexity index is 261. The minimum absolute atomic E-state index is 0.177. The lowest BCUT2D eigenvalue weighted by molar-refractivity contribution is -0.127. The molecule has 0 aromatic carbocycles. The van der Waals surface area contributed by atoms with Crippen molar-refractivity contribution in [2.24, 2.45) is 5.92 Å². The van der Waals surface area contributed by atoms with Crippen LogP contribution in [0.3, 0.4) is 0 Å². The summed E-state index contributed by atoms with van der Waals surface area (Å²) in [6.45, 7) is 9.62. The van der Waals surface area contributed by atoms with Crippen molar-refractivity contribution in [2.45, 2.75) is 58.4 Å². The zero-order valence-electron chi connectivity index (χ0n) is 12.8. The van der Waals surface area contributed by atoms with E-state index in [4.69, 9.17) is 4.74 Å². The molecular formula is C15H30N2O2. The fourth-order valence-corrected chi connectivity index (χ4v) is 2.62. The van der Waals surface area contributed by atoms with Gasteiger partial charge in [0.1, 0.15) is 0 Å². The van der Waals surface area contributed by atoms with Crippen LogP contribution in [0.2, 0.25) is 0 Å². The van der Waals surface area contributed by atoms with E-state index in [0.29, 0.717) is 12.5 Å². The molecule has 2 N–H and O–H groups in total. The lowest BCUT2D eigenvalue weighted by Crippen LogP contribution is -2.53. The topological polar surface area (TPSA) is 50.4 Å². The maximum absolute atomic E-state index is 12.3. The number of carbonyl (C=O) groups is 1. The van der Waals surface area contributed by atoms with E-state index in [-0.39, 0.29) is 11.4 Å². The molecule has 1 rings (SSSR count). The smallest absolute Gasteiger partial charge is 0.240 e. The molecule has 1 atom stereocenters. The first-order chi connectivity index (χ1) is 9.10. The van der Waals surface area contributed by atoms with Crippen molar-refractivity contribution in [3.8, 4) is 0 Å². The highest BCUT2D eigenvalue weighted by Gasteiger charge is 2.39. The third-order valence-corrected chi connectivity index (χ3v) is 3.56. The van der Waals surface area contributed by atoms with Gasteiger partial charge in [-0.05, 0) is 38.1 Å². The first kappa shape index (κ1) is 16.4. The van der Waals surface area contributed by atoms with Gasteiger partial charge < -0.3 is 15.4 Å². The first-order valence-corrected chi connectivity index (χ1v) is 7.72. The van der Waals surface area contributed by atoms with Gasteiger partial charge >= 0.3 is 0 Å². The van der Waals surface area contributed by atoms with Crippen molar-refractivity contribution in [3.05, 3.63) is 0 Å². The van der Waals surface area contributed by atoms with Crippen LogP contribution in [-0.2, 0) is 9.53 Å². The second kappa shape index (κ2) is 8.54. The molecule has 1 saturated heterocycles. The van der Waals surface area contributed by atoms with E-state index in [9.17, 15) is 4.79 Å². The Morgan fingerprint density at radius 1 is 1.47 bits per heavy atom. The van der Waals surface area contributed by atoms with Gasteiger partial charge in [-0.3, -0.25) is 4.79 Å². The normalized spacial score (nSPS) is 22.9. The summed E-state index contributed by atoms with van der Waals surface area (Å²) in [5, 5.41) is 6.45. The van der Waals surface area contributed by atoms with E-state index >= 15 is 0 Å². The monoisotopic (exact) mass is 270 g/mol. The second-order valence-electron chi connectivity index (χ2n) is 5.94. The van der Waals surface area contributed by atoms with Crippen LogP contribution >= 0.6 is 0 Å². The highest BCUT2D eigenvalue weighted by atomic mass is 16.5. The molecule has 0 aromatic rings. The van der Waals surface area contributed by atoms with Gasteiger partial charge in [0.2, 0.25) is 5.91 Å². The van der Waals surface area contributed by atoms with Crippen molar-refractivity contribution in [2.75, 3.05) is 26.3 Å². The number of ether oxygens (including phenoxy) is 1. The summed E-state index contributed by atoms with van der Waals surface area (Å²) in [7, 11) is 0. The molecule has 19 heavy (non-hydrogen) atoms. The van der Waals surface area contributed by atoms with Gasteiger partial charge in [-0.15, -0.1) is 0 Å². The summed E-state index contributed by atoms with van der Waals surface area (Å²) < 4.78 is 5.51. The van der Waals surface area contributed by atoms with Gasteiger partial charge in [-0.25, -0.2) is 0 Å². The van der Waals surface area contributed by atoms with Crippen LogP contribution in [-0.4, -0.2) is 37.7 Å². The summed E-state index contributed by atoms with van der Waals surface area (Å²) >= 11 is 0. The van der Waals surface area contributed by atoms with Crippen LogP contribution in [0.1, 0.15) is 52.9 Å². The average Bonchev–Trinajstić information content (AvgIpc) is 2.83. The molecule has 1 heterocycles. The fourth-order valence-electron chi connectivity index (χ4n) is 2.62. The Balaban J connectivity index is 2.18. The average molecular weight is 270 g/mol. The van der Waals surface area contributed by atoms with E-state index in [1.165, 1.54) is 0 Å². The van der Waals surface area contributed by atoms with Gasteiger partial charge in [-0.2, -0.15) is 0 Å². The molecule has 0 aliphatic carbocycles. The Kier molecular flexibility index (Phi) is 7.39. The van der Waals surface area contributed by atoms with E-state index in [0.717, 1.165) is 51.9 Å². The van der Waals surface area contributed by atoms with Crippen LogP contribution in [0, 0.1) is 5.92 Å². The minimum Gasteiger partial charge on any atom is -0.381 e. The van der Waals surface area contributed by atoms with E-state index in [2.05, 4.69) is 31.4 Å². The Morgan fingerprint density at radius 3 is 2.84 bits per heavy atom. The fraction of sp³-hybridized carbons (Fsp3) is 0.933. The number of carbonyl (C=O) groups excluding carboxylic acids is 1. The molecule has 0 radical (unpaired) electrons. The van der Waals surface area contributed by atoms with Crippen LogP contribution in [0.5, 0.6) is 0 Å². The van der Waals surface area contributed by atoms with Gasteiger partial charge in [0.15, 0.2) is 0 Å². The van der Waals surface area contributed by atoms with Crippen LogP contribution in [0.15, 0.2) is 0 Å². The lowest BCUT2D eigenvalue weighted by Gasteiger charge is -2.27. The molecule has 0 spiro atoms. The number of rotatable bonds is 9. The van der Waals surface area contributed by atoms with Crippen molar-refractivity contribution < 1.29 is 9.53 Å². The van der Waals surface area contributed by atoms with E-state index in [1.807, 2.05) is 0 Å². The Labute approximate surface area is 117 Å². The molecule has 0 aromatic heterocycles. The molecule has 112 valence electrons. The molecular weight excluding hydrogens is 240 g/mol. The highest BCUT2D eigenvalue weighted by molar-refractivity contribution is 5.86. The molecule has 1 aliphatic heterocycles. The molecule has 1 amide bonds. The number of hydrogen-bond donors (Lipinski definition) is 2. The van der Waals surface area contributed by atoms with Crippen LogP contribution in [0.25, 0.3) is 0 Å². The summed E-state index contributed by atoms with van der Waals surface area (Å²) in [5.41, 5.74) is -0.298. The molecule has 4 nitrogen and oxygen atoms in total. The summed E-state index contributed by atoms with van der Waals surface area (Å²) in [4.78, 5) is 12.3. The van der Waals surface area contributed by atoms with E-state index in [1.54, 1.807) is 0 Å². The standard InChI is InChI=1S/C15H30N2O2/c1-4-7-15(8-5-10-17-15)14(18)16-9-6-11-19-12-13(2)3/h13,17H,4-12H2,1-3H3,(H,16,18). The third kappa shape index (κ3) is 5.49. The summed E-state index contributed by atoms with van der Waals surface area (Å²) in [6.07, 6.45) is 4.93. The maximum Gasteiger partial charge on any atom is 0.240 e. The first-order valence-electron chi connectivity index (χ1n) is 7.72. The van der Waals surface area contributed by atoms with E-state index < -0.39 is 0 Å². The molecule has 1 fully saturated rings. The van der Waals surface area contributed by atoms with Crippen LogP contribution < -0.4 is 10.6 Å². The molecule has 4 heteroatoms. The molecule has 0 saturated carbocycles. The van der Waals surface area contributed by atoms with Crippen LogP contribution in [0.4, 0.5) is 0 Å². The van der Waals surface area contributed by atoms with Crippen molar-refractivity contribution in [1.82, 2.24) is 10.6 Å². The Morgan fingerprint density at radius 2 is 2.26 bits per heavy atom. The lowest BCUT2D eigenvalue weighted by atomic mass is 9.91.